The average molecular weight is 347 g/mol. The molecule has 4 heteroatoms. The van der Waals surface area contributed by atoms with Crippen LogP contribution in [0.1, 0.15) is 26.3 Å². The molecule has 126 valence electrons. The van der Waals surface area contributed by atoms with Gasteiger partial charge in [0.05, 0.1) is 11.4 Å². The van der Waals surface area contributed by atoms with Gasteiger partial charge in [-0.1, -0.05) is 57.2 Å². The number of hydrogen-bond acceptors (Lipinski definition) is 3. The van der Waals surface area contributed by atoms with Gasteiger partial charge in [-0.15, -0.1) is 11.3 Å². The Bertz CT molecular complexity index is 1030. The fourth-order valence-corrected chi connectivity index (χ4v) is 3.85. The molecule has 2 aromatic carbocycles. The zero-order valence-corrected chi connectivity index (χ0v) is 15.5. The second kappa shape index (κ2) is 5.74. The van der Waals surface area contributed by atoms with Crippen molar-refractivity contribution in [2.24, 2.45) is 0 Å². The SMILES string of the molecule is CC(C)(C)c1ccc(-c2csc3nc(-c4cccc(N)c4)cn23)cc1. The zero-order valence-electron chi connectivity index (χ0n) is 14.7. The van der Waals surface area contributed by atoms with Gasteiger partial charge in [-0.3, -0.25) is 4.40 Å². The van der Waals surface area contributed by atoms with Crippen LogP contribution in [-0.4, -0.2) is 9.38 Å². The zero-order chi connectivity index (χ0) is 17.6. The molecule has 0 aliphatic heterocycles. The van der Waals surface area contributed by atoms with Crippen LogP contribution in [0.25, 0.3) is 27.5 Å². The van der Waals surface area contributed by atoms with Crippen molar-refractivity contribution in [2.45, 2.75) is 26.2 Å². The van der Waals surface area contributed by atoms with E-state index in [0.717, 1.165) is 21.9 Å². The maximum atomic E-state index is 5.90. The summed E-state index contributed by atoms with van der Waals surface area (Å²) < 4.78 is 2.16. The first-order valence-electron chi connectivity index (χ1n) is 8.35. The Morgan fingerprint density at radius 1 is 1.00 bits per heavy atom. The Hall–Kier alpha value is -2.59. The molecule has 0 saturated heterocycles. The molecule has 0 fully saturated rings. The van der Waals surface area contributed by atoms with Gasteiger partial charge in [-0.25, -0.2) is 4.98 Å². The van der Waals surface area contributed by atoms with Gasteiger partial charge in [0, 0.05) is 22.8 Å². The van der Waals surface area contributed by atoms with Crippen LogP contribution >= 0.6 is 11.3 Å². The maximum absolute atomic E-state index is 5.90. The molecule has 0 radical (unpaired) electrons. The van der Waals surface area contributed by atoms with E-state index < -0.39 is 0 Å². The minimum Gasteiger partial charge on any atom is -0.399 e. The lowest BCUT2D eigenvalue weighted by molar-refractivity contribution is 0.590. The number of nitrogens with two attached hydrogens (primary N) is 1. The van der Waals surface area contributed by atoms with Gasteiger partial charge in [0.2, 0.25) is 0 Å². The molecular weight excluding hydrogens is 326 g/mol. The van der Waals surface area contributed by atoms with Crippen molar-refractivity contribution < 1.29 is 0 Å². The molecule has 0 atom stereocenters. The summed E-state index contributed by atoms with van der Waals surface area (Å²) in [5, 5.41) is 2.16. The molecule has 0 unspecified atom stereocenters. The van der Waals surface area contributed by atoms with Gasteiger partial charge in [0.1, 0.15) is 0 Å². The normalized spacial score (nSPS) is 12.0. The van der Waals surface area contributed by atoms with E-state index in [-0.39, 0.29) is 5.41 Å². The number of hydrogen-bond donors (Lipinski definition) is 1. The van der Waals surface area contributed by atoms with Crippen LogP contribution in [0.5, 0.6) is 0 Å². The van der Waals surface area contributed by atoms with Crippen LogP contribution < -0.4 is 5.73 Å². The third-order valence-electron chi connectivity index (χ3n) is 4.44. The van der Waals surface area contributed by atoms with E-state index in [2.05, 4.69) is 61.0 Å². The molecule has 4 rings (SSSR count). The lowest BCUT2D eigenvalue weighted by atomic mass is 9.86. The second-order valence-corrected chi connectivity index (χ2v) is 8.19. The molecule has 0 aliphatic rings. The second-order valence-electron chi connectivity index (χ2n) is 7.35. The molecule has 0 spiro atoms. The standard InChI is InChI=1S/C21H21N3S/c1-21(2,3)16-9-7-14(8-10-16)19-13-25-20-23-18(12-24(19)20)15-5-4-6-17(22)11-15/h4-13H,22H2,1-3H3. The number of imidazole rings is 1. The predicted molar refractivity (Wildman–Crippen MR) is 107 cm³/mol. The first-order chi connectivity index (χ1) is 11.9. The van der Waals surface area contributed by atoms with Crippen LogP contribution in [0, 0.1) is 0 Å². The van der Waals surface area contributed by atoms with E-state index in [1.807, 2.05) is 24.3 Å². The van der Waals surface area contributed by atoms with Crippen LogP contribution in [0.3, 0.4) is 0 Å². The Kier molecular flexibility index (Phi) is 3.65. The summed E-state index contributed by atoms with van der Waals surface area (Å²) in [5.74, 6) is 0. The highest BCUT2D eigenvalue weighted by molar-refractivity contribution is 7.15. The molecule has 0 saturated carbocycles. The first-order valence-corrected chi connectivity index (χ1v) is 9.23. The summed E-state index contributed by atoms with van der Waals surface area (Å²) >= 11 is 1.66. The summed E-state index contributed by atoms with van der Waals surface area (Å²) in [6.07, 6.45) is 2.09. The van der Waals surface area contributed by atoms with Gasteiger partial charge in [-0.2, -0.15) is 0 Å². The molecule has 25 heavy (non-hydrogen) atoms. The van der Waals surface area contributed by atoms with Gasteiger partial charge in [0.15, 0.2) is 4.96 Å². The molecule has 2 N–H and O–H groups in total. The van der Waals surface area contributed by atoms with Crippen LogP contribution in [0.4, 0.5) is 5.69 Å². The number of rotatable bonds is 2. The molecule has 2 heterocycles. The number of benzene rings is 2. The lowest BCUT2D eigenvalue weighted by Crippen LogP contribution is -2.10. The van der Waals surface area contributed by atoms with Gasteiger partial charge < -0.3 is 5.73 Å². The minimum atomic E-state index is 0.165. The molecule has 2 aromatic heterocycles. The average Bonchev–Trinajstić information content (AvgIpc) is 3.14. The van der Waals surface area contributed by atoms with Crippen molar-refractivity contribution in [2.75, 3.05) is 5.73 Å². The highest BCUT2D eigenvalue weighted by Crippen LogP contribution is 2.31. The highest BCUT2D eigenvalue weighted by atomic mass is 32.1. The smallest absolute Gasteiger partial charge is 0.194 e. The summed E-state index contributed by atoms with van der Waals surface area (Å²) in [4.78, 5) is 5.75. The fourth-order valence-electron chi connectivity index (χ4n) is 2.97. The Morgan fingerprint density at radius 2 is 1.76 bits per heavy atom. The van der Waals surface area contributed by atoms with E-state index in [4.69, 9.17) is 10.7 Å². The van der Waals surface area contributed by atoms with Crippen molar-refractivity contribution in [3.63, 3.8) is 0 Å². The lowest BCUT2D eigenvalue weighted by Gasteiger charge is -2.19. The van der Waals surface area contributed by atoms with Crippen molar-refractivity contribution in [1.29, 1.82) is 0 Å². The van der Waals surface area contributed by atoms with Crippen molar-refractivity contribution >= 4 is 22.0 Å². The predicted octanol–water partition coefficient (Wildman–Crippen LogP) is 5.61. The number of aromatic nitrogens is 2. The van der Waals surface area contributed by atoms with Crippen LogP contribution in [0.2, 0.25) is 0 Å². The van der Waals surface area contributed by atoms with Crippen LogP contribution in [0.15, 0.2) is 60.1 Å². The molecule has 0 aliphatic carbocycles. The molecule has 0 bridgehead atoms. The fraction of sp³-hybridized carbons (Fsp3) is 0.190. The van der Waals surface area contributed by atoms with E-state index in [1.165, 1.54) is 16.8 Å². The highest BCUT2D eigenvalue weighted by Gasteiger charge is 2.15. The summed E-state index contributed by atoms with van der Waals surface area (Å²) in [6.45, 7) is 6.70. The van der Waals surface area contributed by atoms with Crippen molar-refractivity contribution in [3.8, 4) is 22.5 Å². The third kappa shape index (κ3) is 2.94. The van der Waals surface area contributed by atoms with Crippen LogP contribution in [-0.2, 0) is 5.41 Å². The van der Waals surface area contributed by atoms with Gasteiger partial charge in [-0.05, 0) is 28.7 Å². The summed E-state index contributed by atoms with van der Waals surface area (Å²) in [7, 11) is 0. The van der Waals surface area contributed by atoms with Gasteiger partial charge in [0.25, 0.3) is 0 Å². The monoisotopic (exact) mass is 347 g/mol. The quantitative estimate of drug-likeness (QED) is 0.479. The van der Waals surface area contributed by atoms with Gasteiger partial charge >= 0.3 is 0 Å². The maximum Gasteiger partial charge on any atom is 0.194 e. The van der Waals surface area contributed by atoms with E-state index >= 15 is 0 Å². The Morgan fingerprint density at radius 3 is 2.44 bits per heavy atom. The summed E-state index contributed by atoms with van der Waals surface area (Å²) in [5.41, 5.74) is 12.5. The molecule has 4 aromatic rings. The number of nitrogens with zero attached hydrogens (tertiary/aromatic N) is 2. The van der Waals surface area contributed by atoms with Crippen molar-refractivity contribution in [3.05, 3.63) is 65.7 Å². The Labute approximate surface area is 151 Å². The first kappa shape index (κ1) is 15.9. The molecule has 3 nitrogen and oxygen atoms in total. The third-order valence-corrected chi connectivity index (χ3v) is 5.28. The minimum absolute atomic E-state index is 0.165. The van der Waals surface area contributed by atoms with E-state index in [9.17, 15) is 0 Å². The number of thiazole rings is 1. The topological polar surface area (TPSA) is 43.3 Å². The Balaban J connectivity index is 1.76. The molecule has 0 amide bonds. The number of nitrogen functional groups attached to an aromatic ring is 1. The molecular formula is C21H21N3S. The van der Waals surface area contributed by atoms with E-state index in [0.29, 0.717) is 0 Å². The number of fused-ring (bicyclic) bond motifs is 1. The summed E-state index contributed by atoms with van der Waals surface area (Å²) in [6, 6.07) is 16.7. The number of anilines is 1. The largest absolute Gasteiger partial charge is 0.399 e. The van der Waals surface area contributed by atoms with Crippen molar-refractivity contribution in [1.82, 2.24) is 9.38 Å². The van der Waals surface area contributed by atoms with E-state index in [1.54, 1.807) is 11.3 Å².